The van der Waals surface area contributed by atoms with Gasteiger partial charge in [0.15, 0.2) is 0 Å². The number of carbonyl (C=O) groups is 1. The van der Waals surface area contributed by atoms with Crippen LogP contribution in [0.3, 0.4) is 0 Å². The third-order valence-electron chi connectivity index (χ3n) is 5.01. The lowest BCUT2D eigenvalue weighted by atomic mass is 9.94. The minimum Gasteiger partial charge on any atom is -0.485 e. The van der Waals surface area contributed by atoms with Crippen LogP contribution in [0.25, 0.3) is 0 Å². The fraction of sp³-hybridized carbons (Fsp3) is 0.304. The molecular weight excluding hydrogens is 403 g/mol. The Kier molecular flexibility index (Phi) is 5.99. The lowest BCUT2D eigenvalue weighted by Crippen LogP contribution is -2.22. The Hall–Kier alpha value is -2.93. The number of amides is 1. The summed E-state index contributed by atoms with van der Waals surface area (Å²) in [7, 11) is 0. The summed E-state index contributed by atoms with van der Waals surface area (Å²) in [6.07, 6.45) is 3.81. The second-order valence-corrected chi connectivity index (χ2v) is 8.26. The van der Waals surface area contributed by atoms with E-state index in [1.165, 1.54) is 23.6 Å². The summed E-state index contributed by atoms with van der Waals surface area (Å²) >= 11 is 1.21. The number of hydrogen-bond donors (Lipinski definition) is 1. The molecule has 7 heteroatoms. The number of nitrogens with zero attached hydrogens (tertiary/aromatic N) is 1. The van der Waals surface area contributed by atoms with E-state index in [1.54, 1.807) is 12.1 Å². The first-order valence-corrected chi connectivity index (χ1v) is 10.8. The Morgan fingerprint density at radius 2 is 2.20 bits per heavy atom. The smallest absolute Gasteiger partial charge is 0.279 e. The molecule has 1 aliphatic rings. The molecule has 1 atom stereocenters. The maximum atomic E-state index is 13.7. The predicted molar refractivity (Wildman–Crippen MR) is 114 cm³/mol. The van der Waals surface area contributed by atoms with Gasteiger partial charge in [-0.1, -0.05) is 24.3 Å². The van der Waals surface area contributed by atoms with E-state index >= 15 is 0 Å². The molecule has 0 aliphatic carbocycles. The van der Waals surface area contributed by atoms with Crippen LogP contribution in [0.4, 0.5) is 4.39 Å². The van der Waals surface area contributed by atoms with Gasteiger partial charge in [0.1, 0.15) is 28.3 Å². The average molecular weight is 427 g/mol. The van der Waals surface area contributed by atoms with Crippen molar-refractivity contribution in [3.63, 3.8) is 0 Å². The third-order valence-corrected chi connectivity index (χ3v) is 5.89. The van der Waals surface area contributed by atoms with Crippen LogP contribution in [0.1, 0.15) is 52.2 Å². The normalized spacial score (nSPS) is 15.2. The fourth-order valence-corrected chi connectivity index (χ4v) is 4.14. The molecule has 5 nitrogen and oxygen atoms in total. The number of fused-ring (bicyclic) bond motifs is 1. The van der Waals surface area contributed by atoms with Gasteiger partial charge in [-0.25, -0.2) is 9.37 Å². The quantitative estimate of drug-likeness (QED) is 0.558. The highest BCUT2D eigenvalue weighted by atomic mass is 32.1. The monoisotopic (exact) mass is 426 g/mol. The van der Waals surface area contributed by atoms with E-state index in [0.717, 1.165) is 41.7 Å². The molecule has 1 N–H and O–H groups in total. The van der Waals surface area contributed by atoms with Crippen LogP contribution in [0.2, 0.25) is 0 Å². The lowest BCUT2D eigenvalue weighted by molar-refractivity contribution is 0.0957. The number of halogens is 1. The molecule has 0 bridgehead atoms. The van der Waals surface area contributed by atoms with Gasteiger partial charge >= 0.3 is 0 Å². The summed E-state index contributed by atoms with van der Waals surface area (Å²) in [4.78, 5) is 16.7. The molecule has 0 saturated heterocycles. The highest BCUT2D eigenvalue weighted by Gasteiger charge is 2.24. The van der Waals surface area contributed by atoms with E-state index in [9.17, 15) is 9.18 Å². The summed E-state index contributed by atoms with van der Waals surface area (Å²) in [6, 6.07) is 10.4. The number of benzene rings is 2. The van der Waals surface area contributed by atoms with Crippen molar-refractivity contribution in [2.24, 2.45) is 0 Å². The van der Waals surface area contributed by atoms with Crippen LogP contribution < -0.4 is 14.8 Å². The summed E-state index contributed by atoms with van der Waals surface area (Å²) in [5.74, 6) is 1.04. The van der Waals surface area contributed by atoms with Gasteiger partial charge in [-0.3, -0.25) is 4.79 Å². The SMILES string of the molecule is CCCNC(=O)c1cnc(Oc2ccc3c(c2)CCC(c2cc(F)ccc2C)O3)s1. The number of hydrogen-bond acceptors (Lipinski definition) is 5. The van der Waals surface area contributed by atoms with Crippen molar-refractivity contribution in [3.05, 3.63) is 70.0 Å². The van der Waals surface area contributed by atoms with Gasteiger partial charge in [0, 0.05) is 6.54 Å². The van der Waals surface area contributed by atoms with Crippen LogP contribution in [-0.4, -0.2) is 17.4 Å². The zero-order valence-corrected chi connectivity index (χ0v) is 17.7. The zero-order valence-electron chi connectivity index (χ0n) is 16.9. The number of carbonyl (C=O) groups excluding carboxylic acids is 1. The van der Waals surface area contributed by atoms with Crippen molar-refractivity contribution in [2.75, 3.05) is 6.54 Å². The molecule has 30 heavy (non-hydrogen) atoms. The molecule has 4 rings (SSSR count). The van der Waals surface area contributed by atoms with Crippen molar-refractivity contribution in [1.82, 2.24) is 10.3 Å². The minimum atomic E-state index is -0.250. The molecule has 1 aliphatic heterocycles. The standard InChI is InChI=1S/C23H23FN2O3S/c1-3-10-25-22(27)21-13-26-23(30-21)28-17-7-9-19-15(11-17)5-8-20(29-19)18-12-16(24)6-4-14(18)2/h4,6-7,9,11-13,20H,3,5,8,10H2,1-2H3,(H,25,27). The van der Waals surface area contributed by atoms with E-state index in [4.69, 9.17) is 9.47 Å². The van der Waals surface area contributed by atoms with Crippen LogP contribution in [0, 0.1) is 12.7 Å². The topological polar surface area (TPSA) is 60.5 Å². The van der Waals surface area contributed by atoms with Gasteiger partial charge in [-0.2, -0.15) is 0 Å². The summed E-state index contributed by atoms with van der Waals surface area (Å²) in [5, 5.41) is 3.25. The highest BCUT2D eigenvalue weighted by Crippen LogP contribution is 2.38. The van der Waals surface area contributed by atoms with Crippen molar-refractivity contribution in [3.8, 4) is 16.7 Å². The maximum Gasteiger partial charge on any atom is 0.279 e. The minimum absolute atomic E-state index is 0.137. The Morgan fingerprint density at radius 1 is 1.33 bits per heavy atom. The molecule has 156 valence electrons. The Balaban J connectivity index is 1.45. The third kappa shape index (κ3) is 4.46. The Bertz CT molecular complexity index is 1070. The average Bonchev–Trinajstić information content (AvgIpc) is 3.22. The molecule has 2 heterocycles. The molecule has 0 radical (unpaired) electrons. The van der Waals surface area contributed by atoms with E-state index in [0.29, 0.717) is 22.4 Å². The lowest BCUT2D eigenvalue weighted by Gasteiger charge is -2.27. The number of rotatable bonds is 6. The van der Waals surface area contributed by atoms with Gasteiger partial charge in [-0.05, 0) is 73.2 Å². The molecule has 0 saturated carbocycles. The fourth-order valence-electron chi connectivity index (χ4n) is 3.44. The van der Waals surface area contributed by atoms with Crippen molar-refractivity contribution in [2.45, 2.75) is 39.2 Å². The first kappa shape index (κ1) is 20.3. The number of aromatic nitrogens is 1. The van der Waals surface area contributed by atoms with Crippen LogP contribution >= 0.6 is 11.3 Å². The van der Waals surface area contributed by atoms with Gasteiger partial charge in [-0.15, -0.1) is 0 Å². The van der Waals surface area contributed by atoms with Crippen molar-refractivity contribution < 1.29 is 18.7 Å². The van der Waals surface area contributed by atoms with Gasteiger partial charge in [0.05, 0.1) is 6.20 Å². The van der Waals surface area contributed by atoms with Crippen molar-refractivity contribution in [1.29, 1.82) is 0 Å². The molecule has 0 spiro atoms. The van der Waals surface area contributed by atoms with Crippen LogP contribution in [0.15, 0.2) is 42.6 Å². The van der Waals surface area contributed by atoms with Gasteiger partial charge in [0.2, 0.25) is 0 Å². The van der Waals surface area contributed by atoms with Crippen molar-refractivity contribution >= 4 is 17.2 Å². The Labute approximate surface area is 178 Å². The Morgan fingerprint density at radius 3 is 3.03 bits per heavy atom. The first-order chi connectivity index (χ1) is 14.5. The predicted octanol–water partition coefficient (Wildman–Crippen LogP) is 5.59. The summed E-state index contributed by atoms with van der Waals surface area (Å²) < 4.78 is 25.7. The molecule has 1 unspecified atom stereocenters. The molecule has 1 aromatic heterocycles. The molecular formula is C23H23FN2O3S. The van der Waals surface area contributed by atoms with E-state index < -0.39 is 0 Å². The number of aryl methyl sites for hydroxylation is 2. The highest BCUT2D eigenvalue weighted by molar-refractivity contribution is 7.15. The second-order valence-electron chi connectivity index (χ2n) is 7.26. The van der Waals surface area contributed by atoms with Crippen LogP contribution in [-0.2, 0) is 6.42 Å². The maximum absolute atomic E-state index is 13.7. The summed E-state index contributed by atoms with van der Waals surface area (Å²) in [5.41, 5.74) is 2.94. The molecule has 0 fully saturated rings. The number of ether oxygens (including phenoxy) is 2. The molecule has 1 amide bonds. The second kappa shape index (κ2) is 8.83. The molecule has 3 aromatic rings. The van der Waals surface area contributed by atoms with E-state index in [1.807, 2.05) is 32.0 Å². The number of nitrogens with one attached hydrogen (secondary N) is 1. The van der Waals surface area contributed by atoms with E-state index in [-0.39, 0.29) is 17.8 Å². The number of thiazole rings is 1. The van der Waals surface area contributed by atoms with Crippen LogP contribution in [0.5, 0.6) is 16.7 Å². The van der Waals surface area contributed by atoms with Gasteiger partial charge in [0.25, 0.3) is 11.1 Å². The summed E-state index contributed by atoms with van der Waals surface area (Å²) in [6.45, 7) is 4.60. The first-order valence-electron chi connectivity index (χ1n) is 10.0. The molecule has 2 aromatic carbocycles. The largest absolute Gasteiger partial charge is 0.485 e. The van der Waals surface area contributed by atoms with E-state index in [2.05, 4.69) is 10.3 Å². The van der Waals surface area contributed by atoms with Gasteiger partial charge < -0.3 is 14.8 Å². The zero-order chi connectivity index (χ0) is 21.1.